The van der Waals surface area contributed by atoms with Crippen molar-refractivity contribution in [3.05, 3.63) is 47.6 Å². The third kappa shape index (κ3) is 1.18. The molecule has 0 aromatic rings. The van der Waals surface area contributed by atoms with Crippen LogP contribution in [-0.4, -0.2) is 0 Å². The summed E-state index contributed by atoms with van der Waals surface area (Å²) in [5.41, 5.74) is 3.06. The third-order valence-corrected chi connectivity index (χ3v) is 2.65. The maximum absolute atomic E-state index is 2.27. The number of fused-ring (bicyclic) bond motifs is 1. The fraction of sp³-hybridized carbons (Fsp3) is 0.333. The van der Waals surface area contributed by atoms with Gasteiger partial charge in [-0.05, 0) is 18.4 Å². The molecule has 0 nitrogen and oxygen atoms in total. The van der Waals surface area contributed by atoms with E-state index < -0.39 is 0 Å². The largest absolute Gasteiger partial charge is 0.0836 e. The van der Waals surface area contributed by atoms with Crippen LogP contribution in [0.2, 0.25) is 0 Å². The van der Waals surface area contributed by atoms with E-state index in [0.29, 0.717) is 5.92 Å². The Morgan fingerprint density at radius 2 is 2.25 bits per heavy atom. The molecule has 2 aliphatic carbocycles. The molecule has 0 aromatic carbocycles. The SMILES string of the molecule is CCC1=CC=CC2=CC=CCC21. The number of hydrogen-bond donors (Lipinski definition) is 0. The van der Waals surface area contributed by atoms with Gasteiger partial charge in [0, 0.05) is 5.92 Å². The van der Waals surface area contributed by atoms with Crippen LogP contribution in [0.5, 0.6) is 0 Å². The zero-order chi connectivity index (χ0) is 8.39. The standard InChI is InChI=1S/C12H14/c1-2-10-7-5-8-11-6-3-4-9-12(10)11/h3-8,12H,2,9H2,1H3. The zero-order valence-electron chi connectivity index (χ0n) is 7.46. The average Bonchev–Trinajstić information content (AvgIpc) is 2.17. The Bertz CT molecular complexity index is 287. The molecule has 1 atom stereocenters. The maximum atomic E-state index is 2.27. The molecular weight excluding hydrogens is 144 g/mol. The van der Waals surface area contributed by atoms with Crippen molar-refractivity contribution in [2.24, 2.45) is 5.92 Å². The second-order valence-electron chi connectivity index (χ2n) is 3.34. The van der Waals surface area contributed by atoms with Gasteiger partial charge in [-0.25, -0.2) is 0 Å². The Morgan fingerprint density at radius 1 is 1.33 bits per heavy atom. The summed E-state index contributed by atoms with van der Waals surface area (Å²) >= 11 is 0. The van der Waals surface area contributed by atoms with E-state index in [2.05, 4.69) is 43.4 Å². The Labute approximate surface area is 74.0 Å². The van der Waals surface area contributed by atoms with Crippen LogP contribution < -0.4 is 0 Å². The van der Waals surface area contributed by atoms with Crippen molar-refractivity contribution < 1.29 is 0 Å². The van der Waals surface area contributed by atoms with Gasteiger partial charge in [0.15, 0.2) is 0 Å². The molecule has 0 saturated heterocycles. The Kier molecular flexibility index (Phi) is 1.99. The van der Waals surface area contributed by atoms with Gasteiger partial charge >= 0.3 is 0 Å². The minimum atomic E-state index is 0.685. The second-order valence-corrected chi connectivity index (χ2v) is 3.34. The molecule has 0 radical (unpaired) electrons. The van der Waals surface area contributed by atoms with Crippen molar-refractivity contribution in [3.63, 3.8) is 0 Å². The lowest BCUT2D eigenvalue weighted by molar-refractivity contribution is 0.699. The first-order valence-electron chi connectivity index (χ1n) is 4.65. The number of hydrogen-bond acceptors (Lipinski definition) is 0. The first kappa shape index (κ1) is 7.60. The van der Waals surface area contributed by atoms with Gasteiger partial charge in [0.05, 0.1) is 0 Å². The number of allylic oxidation sites excluding steroid dienone is 8. The topological polar surface area (TPSA) is 0 Å². The predicted octanol–water partition coefficient (Wildman–Crippen LogP) is 3.40. The van der Waals surface area contributed by atoms with Gasteiger partial charge in [-0.2, -0.15) is 0 Å². The quantitative estimate of drug-likeness (QED) is 0.548. The minimum absolute atomic E-state index is 0.685. The Hall–Kier alpha value is -1.04. The van der Waals surface area contributed by atoms with E-state index in [1.807, 2.05) is 0 Å². The zero-order valence-corrected chi connectivity index (χ0v) is 7.46. The van der Waals surface area contributed by atoms with Gasteiger partial charge in [-0.15, -0.1) is 0 Å². The van der Waals surface area contributed by atoms with E-state index in [-0.39, 0.29) is 0 Å². The molecular formula is C12H14. The summed E-state index contributed by atoms with van der Waals surface area (Å²) in [6.45, 7) is 2.24. The van der Waals surface area contributed by atoms with Gasteiger partial charge < -0.3 is 0 Å². The van der Waals surface area contributed by atoms with Gasteiger partial charge in [0.1, 0.15) is 0 Å². The van der Waals surface area contributed by atoms with Crippen molar-refractivity contribution in [1.82, 2.24) is 0 Å². The monoisotopic (exact) mass is 158 g/mol. The molecule has 0 heterocycles. The van der Waals surface area contributed by atoms with Gasteiger partial charge in [-0.3, -0.25) is 0 Å². The van der Waals surface area contributed by atoms with Crippen molar-refractivity contribution in [2.45, 2.75) is 19.8 Å². The third-order valence-electron chi connectivity index (χ3n) is 2.65. The molecule has 2 rings (SSSR count). The first-order chi connectivity index (χ1) is 5.92. The summed E-state index contributed by atoms with van der Waals surface area (Å²) in [6.07, 6.45) is 15.7. The molecule has 0 saturated carbocycles. The van der Waals surface area contributed by atoms with E-state index in [1.165, 1.54) is 18.4 Å². The fourth-order valence-corrected chi connectivity index (χ4v) is 1.95. The highest BCUT2D eigenvalue weighted by Gasteiger charge is 2.18. The highest BCUT2D eigenvalue weighted by molar-refractivity contribution is 5.42. The molecule has 0 spiro atoms. The number of rotatable bonds is 1. The minimum Gasteiger partial charge on any atom is -0.0836 e. The summed E-state index contributed by atoms with van der Waals surface area (Å²) in [5.74, 6) is 0.685. The van der Waals surface area contributed by atoms with Crippen molar-refractivity contribution >= 4 is 0 Å². The van der Waals surface area contributed by atoms with Gasteiger partial charge in [0.2, 0.25) is 0 Å². The molecule has 0 aromatic heterocycles. The van der Waals surface area contributed by atoms with Crippen LogP contribution in [0.4, 0.5) is 0 Å². The summed E-state index contributed by atoms with van der Waals surface area (Å²) in [6, 6.07) is 0. The Balaban J connectivity index is 2.32. The van der Waals surface area contributed by atoms with Crippen LogP contribution in [0.25, 0.3) is 0 Å². The first-order valence-corrected chi connectivity index (χ1v) is 4.65. The molecule has 0 bridgehead atoms. The van der Waals surface area contributed by atoms with Crippen molar-refractivity contribution in [2.75, 3.05) is 0 Å². The Morgan fingerprint density at radius 3 is 3.08 bits per heavy atom. The summed E-state index contributed by atoms with van der Waals surface area (Å²) in [5, 5.41) is 0. The summed E-state index contributed by atoms with van der Waals surface area (Å²) in [7, 11) is 0. The molecule has 0 aliphatic heterocycles. The fourth-order valence-electron chi connectivity index (χ4n) is 1.95. The van der Waals surface area contributed by atoms with Crippen LogP contribution in [0.15, 0.2) is 47.6 Å². The smallest absolute Gasteiger partial charge is 0.00857 e. The van der Waals surface area contributed by atoms with Crippen LogP contribution in [-0.2, 0) is 0 Å². The average molecular weight is 158 g/mol. The van der Waals surface area contributed by atoms with Crippen LogP contribution in [0.1, 0.15) is 19.8 Å². The van der Waals surface area contributed by atoms with Crippen LogP contribution in [0, 0.1) is 5.92 Å². The molecule has 0 heteroatoms. The van der Waals surface area contributed by atoms with E-state index in [1.54, 1.807) is 5.57 Å². The molecule has 0 amide bonds. The van der Waals surface area contributed by atoms with Gasteiger partial charge in [0.25, 0.3) is 0 Å². The molecule has 2 aliphatic rings. The maximum Gasteiger partial charge on any atom is 0.00857 e. The molecule has 0 fully saturated rings. The lowest BCUT2D eigenvalue weighted by Gasteiger charge is -2.24. The van der Waals surface area contributed by atoms with Crippen LogP contribution >= 0.6 is 0 Å². The lowest BCUT2D eigenvalue weighted by Crippen LogP contribution is -2.09. The van der Waals surface area contributed by atoms with Crippen molar-refractivity contribution in [3.8, 4) is 0 Å². The van der Waals surface area contributed by atoms with Crippen LogP contribution in [0.3, 0.4) is 0 Å². The van der Waals surface area contributed by atoms with Crippen molar-refractivity contribution in [1.29, 1.82) is 0 Å². The molecule has 1 unspecified atom stereocenters. The predicted molar refractivity (Wildman–Crippen MR) is 52.8 cm³/mol. The lowest BCUT2D eigenvalue weighted by atomic mass is 9.81. The second kappa shape index (κ2) is 3.14. The highest BCUT2D eigenvalue weighted by Crippen LogP contribution is 2.32. The summed E-state index contributed by atoms with van der Waals surface area (Å²) < 4.78 is 0. The summed E-state index contributed by atoms with van der Waals surface area (Å²) in [4.78, 5) is 0. The van der Waals surface area contributed by atoms with Gasteiger partial charge in [-0.1, -0.05) is 49.0 Å². The normalized spacial score (nSPS) is 26.2. The van der Waals surface area contributed by atoms with E-state index in [9.17, 15) is 0 Å². The molecule has 62 valence electrons. The van der Waals surface area contributed by atoms with E-state index >= 15 is 0 Å². The van der Waals surface area contributed by atoms with E-state index in [0.717, 1.165) is 0 Å². The van der Waals surface area contributed by atoms with E-state index in [4.69, 9.17) is 0 Å². The molecule has 12 heavy (non-hydrogen) atoms. The molecule has 0 N–H and O–H groups in total. The highest BCUT2D eigenvalue weighted by atomic mass is 14.2.